The zero-order chi connectivity index (χ0) is 28.6. The van der Waals surface area contributed by atoms with Gasteiger partial charge in [-0.2, -0.15) is 0 Å². The SMILES string of the molecule is CNC(=O)c1ccc(-n2c(NCC(CO)C3CC3)nc3c(c2=O)C[C@@H](C)N(C(=O)c2ccc(Cl)c(Cl)c2)C3)cc1. The summed E-state index contributed by atoms with van der Waals surface area (Å²) in [6.45, 7) is 2.54. The van der Waals surface area contributed by atoms with Crippen LogP contribution in [0.3, 0.4) is 0 Å². The molecule has 1 aromatic heterocycles. The van der Waals surface area contributed by atoms with E-state index in [-0.39, 0.29) is 42.5 Å². The van der Waals surface area contributed by atoms with Crippen LogP contribution in [0.4, 0.5) is 5.95 Å². The van der Waals surface area contributed by atoms with Gasteiger partial charge >= 0.3 is 0 Å². The lowest BCUT2D eigenvalue weighted by molar-refractivity contribution is 0.0653. The minimum absolute atomic E-state index is 0.0388. The van der Waals surface area contributed by atoms with Gasteiger partial charge in [0.1, 0.15) is 0 Å². The van der Waals surface area contributed by atoms with Gasteiger partial charge in [0.05, 0.1) is 28.0 Å². The van der Waals surface area contributed by atoms with Crippen molar-refractivity contribution in [2.24, 2.45) is 11.8 Å². The van der Waals surface area contributed by atoms with E-state index in [1.165, 1.54) is 4.57 Å². The Hall–Kier alpha value is -3.40. The van der Waals surface area contributed by atoms with Crippen LogP contribution >= 0.6 is 23.2 Å². The van der Waals surface area contributed by atoms with Crippen molar-refractivity contribution in [3.8, 4) is 5.69 Å². The van der Waals surface area contributed by atoms with E-state index in [4.69, 9.17) is 28.2 Å². The summed E-state index contributed by atoms with van der Waals surface area (Å²) in [5, 5.41) is 16.4. The van der Waals surface area contributed by atoms with Crippen LogP contribution in [0.15, 0.2) is 47.3 Å². The van der Waals surface area contributed by atoms with Crippen LogP contribution in [-0.4, -0.2) is 57.6 Å². The van der Waals surface area contributed by atoms with Gasteiger partial charge in [0, 0.05) is 48.8 Å². The molecule has 1 unspecified atom stereocenters. The molecule has 210 valence electrons. The topological polar surface area (TPSA) is 117 Å². The first-order chi connectivity index (χ1) is 19.2. The molecule has 9 nitrogen and oxygen atoms in total. The van der Waals surface area contributed by atoms with Crippen LogP contribution in [-0.2, 0) is 13.0 Å². The fourth-order valence-corrected chi connectivity index (χ4v) is 5.46. The summed E-state index contributed by atoms with van der Waals surface area (Å²) in [6.07, 6.45) is 2.47. The van der Waals surface area contributed by atoms with E-state index in [9.17, 15) is 19.5 Å². The zero-order valence-electron chi connectivity index (χ0n) is 22.3. The molecule has 2 aromatic carbocycles. The standard InChI is InChI=1S/C29H31Cl2N5O4/c1-16-11-22-25(14-35(16)27(39)19-7-10-23(30)24(31)12-19)34-29(33-13-20(15-37)17-3-4-17)36(28(22)40)21-8-5-18(6-9-21)26(38)32-2/h5-10,12,16-17,20,37H,3-4,11,13-15H2,1-2H3,(H,32,38)(H,33,34)/t16-,20?/m1/s1. The number of hydrogen-bond acceptors (Lipinski definition) is 6. The molecule has 5 rings (SSSR count). The van der Waals surface area contributed by atoms with Gasteiger partial charge in [0.25, 0.3) is 17.4 Å². The van der Waals surface area contributed by atoms with Crippen LogP contribution in [0.5, 0.6) is 0 Å². The summed E-state index contributed by atoms with van der Waals surface area (Å²) in [6, 6.07) is 11.2. The monoisotopic (exact) mass is 583 g/mol. The number of rotatable bonds is 8. The van der Waals surface area contributed by atoms with E-state index in [1.807, 2.05) is 6.92 Å². The van der Waals surface area contributed by atoms with Gasteiger partial charge in [-0.15, -0.1) is 0 Å². The second-order valence-electron chi connectivity index (χ2n) is 10.4. The van der Waals surface area contributed by atoms with E-state index in [1.54, 1.807) is 54.4 Å². The number of amides is 2. The minimum atomic E-state index is -0.263. The highest BCUT2D eigenvalue weighted by molar-refractivity contribution is 6.42. The lowest BCUT2D eigenvalue weighted by atomic mass is 9.98. The Kier molecular flexibility index (Phi) is 8.16. The molecule has 1 fully saturated rings. The number of benzene rings is 2. The molecule has 40 heavy (non-hydrogen) atoms. The lowest BCUT2D eigenvalue weighted by Gasteiger charge is -2.34. The first-order valence-corrected chi connectivity index (χ1v) is 14.1. The van der Waals surface area contributed by atoms with Gasteiger partial charge in [-0.1, -0.05) is 23.2 Å². The number of carbonyl (C=O) groups excluding carboxylic acids is 2. The van der Waals surface area contributed by atoms with Crippen molar-refractivity contribution in [3.63, 3.8) is 0 Å². The summed E-state index contributed by atoms with van der Waals surface area (Å²) >= 11 is 12.2. The number of aromatic nitrogens is 2. The van der Waals surface area contributed by atoms with E-state index in [2.05, 4.69) is 10.6 Å². The Morgan fingerprint density at radius 1 is 1.10 bits per heavy atom. The van der Waals surface area contributed by atoms with Crippen molar-refractivity contribution in [2.45, 2.75) is 38.8 Å². The molecular formula is C29H31Cl2N5O4. The highest BCUT2D eigenvalue weighted by Gasteiger charge is 2.33. The van der Waals surface area contributed by atoms with Gasteiger partial charge in [-0.25, -0.2) is 9.55 Å². The molecule has 2 atom stereocenters. The molecule has 0 radical (unpaired) electrons. The summed E-state index contributed by atoms with van der Waals surface area (Å²) in [5.41, 5.74) is 2.25. The molecule has 1 aliphatic heterocycles. The van der Waals surface area contributed by atoms with Crippen molar-refractivity contribution >= 4 is 41.0 Å². The predicted molar refractivity (Wildman–Crippen MR) is 155 cm³/mol. The summed E-state index contributed by atoms with van der Waals surface area (Å²) in [7, 11) is 1.56. The van der Waals surface area contributed by atoms with Crippen LogP contribution in [0.25, 0.3) is 5.69 Å². The van der Waals surface area contributed by atoms with Crippen molar-refractivity contribution in [3.05, 3.63) is 85.2 Å². The highest BCUT2D eigenvalue weighted by atomic mass is 35.5. The van der Waals surface area contributed by atoms with E-state index < -0.39 is 0 Å². The van der Waals surface area contributed by atoms with Gasteiger partial charge < -0.3 is 20.6 Å². The third-order valence-corrected chi connectivity index (χ3v) is 8.44. The van der Waals surface area contributed by atoms with E-state index in [0.717, 1.165) is 12.8 Å². The fraction of sp³-hybridized carbons (Fsp3) is 0.379. The van der Waals surface area contributed by atoms with Gasteiger partial charge in [-0.3, -0.25) is 14.4 Å². The molecule has 11 heteroatoms. The van der Waals surface area contributed by atoms with Gasteiger partial charge in [0.15, 0.2) is 0 Å². The Morgan fingerprint density at radius 2 is 1.80 bits per heavy atom. The van der Waals surface area contributed by atoms with Crippen molar-refractivity contribution in [2.75, 3.05) is 25.5 Å². The number of carbonyl (C=O) groups is 2. The molecule has 2 heterocycles. The van der Waals surface area contributed by atoms with Crippen molar-refractivity contribution in [1.82, 2.24) is 19.8 Å². The number of aliphatic hydroxyl groups excluding tert-OH is 1. The summed E-state index contributed by atoms with van der Waals surface area (Å²) < 4.78 is 1.51. The first-order valence-electron chi connectivity index (χ1n) is 13.3. The molecule has 2 amide bonds. The lowest BCUT2D eigenvalue weighted by Crippen LogP contribution is -2.46. The van der Waals surface area contributed by atoms with E-state index >= 15 is 0 Å². The highest BCUT2D eigenvalue weighted by Crippen LogP contribution is 2.36. The number of aliphatic hydroxyl groups is 1. The number of halogens is 2. The number of hydrogen-bond donors (Lipinski definition) is 3. The second-order valence-corrected chi connectivity index (χ2v) is 11.2. The Bertz CT molecular complexity index is 1500. The average Bonchev–Trinajstić information content (AvgIpc) is 3.80. The minimum Gasteiger partial charge on any atom is -0.396 e. The maximum atomic E-state index is 14.0. The van der Waals surface area contributed by atoms with E-state index in [0.29, 0.717) is 62.9 Å². The van der Waals surface area contributed by atoms with Gasteiger partial charge in [0.2, 0.25) is 5.95 Å². The molecule has 0 saturated heterocycles. The molecule has 3 aromatic rings. The first kappa shape index (κ1) is 28.1. The largest absolute Gasteiger partial charge is 0.396 e. The van der Waals surface area contributed by atoms with Crippen molar-refractivity contribution in [1.29, 1.82) is 0 Å². The van der Waals surface area contributed by atoms with Crippen LogP contribution in [0, 0.1) is 11.8 Å². The zero-order valence-corrected chi connectivity index (χ0v) is 23.8. The third-order valence-electron chi connectivity index (χ3n) is 7.70. The molecule has 3 N–H and O–H groups in total. The fourth-order valence-electron chi connectivity index (χ4n) is 5.16. The Balaban J connectivity index is 1.52. The number of nitrogens with zero attached hydrogens (tertiary/aromatic N) is 3. The number of anilines is 1. The molecule has 2 aliphatic rings. The summed E-state index contributed by atoms with van der Waals surface area (Å²) in [4.78, 5) is 46.0. The number of fused-ring (bicyclic) bond motifs is 1. The van der Waals surface area contributed by atoms with Crippen LogP contribution in [0.2, 0.25) is 10.0 Å². The molecule has 1 aliphatic carbocycles. The second kappa shape index (κ2) is 11.6. The maximum Gasteiger partial charge on any atom is 0.263 e. The quantitative estimate of drug-likeness (QED) is 0.370. The molecule has 1 saturated carbocycles. The number of nitrogens with one attached hydrogen (secondary N) is 2. The third kappa shape index (κ3) is 5.59. The molecule has 0 bridgehead atoms. The maximum absolute atomic E-state index is 14.0. The Morgan fingerprint density at radius 3 is 2.42 bits per heavy atom. The molecular weight excluding hydrogens is 553 g/mol. The van der Waals surface area contributed by atoms with Crippen LogP contribution in [0.1, 0.15) is 51.7 Å². The molecule has 0 spiro atoms. The smallest absolute Gasteiger partial charge is 0.263 e. The summed E-state index contributed by atoms with van der Waals surface area (Å²) in [5.74, 6) is 0.367. The van der Waals surface area contributed by atoms with Crippen molar-refractivity contribution < 1.29 is 14.7 Å². The van der Waals surface area contributed by atoms with Gasteiger partial charge in [-0.05, 0) is 74.6 Å². The van der Waals surface area contributed by atoms with Crippen LogP contribution < -0.4 is 16.2 Å². The average molecular weight is 585 g/mol. The predicted octanol–water partition coefficient (Wildman–Crippen LogP) is 3.92. The Labute approximate surface area is 242 Å². The normalized spacial score (nSPS) is 17.2.